The minimum absolute atomic E-state index is 0.0870. The second-order valence-electron chi connectivity index (χ2n) is 10.6. The first kappa shape index (κ1) is 22.5. The number of carbonyl (C=O) groups excluding carboxylic acids is 1. The fourth-order valence-corrected chi connectivity index (χ4v) is 6.67. The number of amides is 1. The summed E-state index contributed by atoms with van der Waals surface area (Å²) in [5.74, 6) is 0.461. The van der Waals surface area contributed by atoms with Crippen LogP contribution in [0.15, 0.2) is 67.0 Å². The molecule has 1 saturated carbocycles. The number of piperazine rings is 1. The normalized spacial score (nSPS) is 23.6. The Bertz CT molecular complexity index is 1140. The molecule has 1 aromatic heterocycles. The van der Waals surface area contributed by atoms with E-state index in [0.29, 0.717) is 12.1 Å². The van der Waals surface area contributed by atoms with Crippen LogP contribution in [0.5, 0.6) is 0 Å². The predicted molar refractivity (Wildman–Crippen MR) is 141 cm³/mol. The summed E-state index contributed by atoms with van der Waals surface area (Å²) in [6.07, 6.45) is 11.9. The van der Waals surface area contributed by atoms with E-state index in [1.54, 1.807) is 0 Å². The molecule has 2 bridgehead atoms. The lowest BCUT2D eigenvalue weighted by atomic mass is 10.00. The number of fused-ring (bicyclic) bond motifs is 3. The average molecular weight is 469 g/mol. The Morgan fingerprint density at radius 1 is 0.914 bits per heavy atom. The van der Waals surface area contributed by atoms with Crippen molar-refractivity contribution in [2.45, 2.75) is 63.1 Å². The Morgan fingerprint density at radius 3 is 2.40 bits per heavy atom. The van der Waals surface area contributed by atoms with Gasteiger partial charge in [-0.3, -0.25) is 14.7 Å². The highest BCUT2D eigenvalue weighted by Crippen LogP contribution is 2.36. The Hall–Kier alpha value is -2.92. The van der Waals surface area contributed by atoms with Crippen molar-refractivity contribution in [3.8, 4) is 0 Å². The lowest BCUT2D eigenvalue weighted by Gasteiger charge is -2.43. The van der Waals surface area contributed by atoms with E-state index in [0.717, 1.165) is 38.9 Å². The van der Waals surface area contributed by atoms with Crippen LogP contribution < -0.4 is 10.2 Å². The van der Waals surface area contributed by atoms with Gasteiger partial charge >= 0.3 is 0 Å². The molecule has 2 aliphatic heterocycles. The Labute approximate surface area is 208 Å². The molecule has 3 atom stereocenters. The summed E-state index contributed by atoms with van der Waals surface area (Å²) in [7, 11) is 0. The monoisotopic (exact) mass is 468 g/mol. The zero-order valence-corrected chi connectivity index (χ0v) is 20.5. The number of hydrogen-bond acceptors (Lipinski definition) is 4. The van der Waals surface area contributed by atoms with E-state index < -0.39 is 0 Å². The van der Waals surface area contributed by atoms with Crippen molar-refractivity contribution in [2.24, 2.45) is 5.92 Å². The maximum atomic E-state index is 13.0. The molecule has 3 aromatic rings. The van der Waals surface area contributed by atoms with Crippen molar-refractivity contribution in [1.29, 1.82) is 0 Å². The number of carbonyl (C=O) groups is 1. The van der Waals surface area contributed by atoms with Crippen LogP contribution in [0.2, 0.25) is 0 Å². The summed E-state index contributed by atoms with van der Waals surface area (Å²) in [6.45, 7) is 3.13. The molecule has 0 radical (unpaired) electrons. The number of nitrogens with one attached hydrogen (secondary N) is 1. The van der Waals surface area contributed by atoms with E-state index >= 15 is 0 Å². The van der Waals surface area contributed by atoms with Gasteiger partial charge in [0.15, 0.2) is 0 Å². The van der Waals surface area contributed by atoms with E-state index in [-0.39, 0.29) is 17.9 Å². The van der Waals surface area contributed by atoms with Gasteiger partial charge in [0.05, 0.1) is 17.9 Å². The lowest BCUT2D eigenvalue weighted by Crippen LogP contribution is -2.54. The molecular weight excluding hydrogens is 432 g/mol. The highest BCUT2D eigenvalue weighted by atomic mass is 16.1. The van der Waals surface area contributed by atoms with Gasteiger partial charge in [0.2, 0.25) is 5.91 Å². The molecule has 1 aliphatic carbocycles. The van der Waals surface area contributed by atoms with E-state index in [9.17, 15) is 4.79 Å². The van der Waals surface area contributed by atoms with E-state index in [1.807, 2.05) is 12.4 Å². The fraction of sp³-hybridized carbons (Fsp3) is 0.467. The van der Waals surface area contributed by atoms with Gasteiger partial charge in [-0.05, 0) is 37.7 Å². The maximum Gasteiger partial charge on any atom is 0.223 e. The number of hydrogen-bond donors (Lipinski definition) is 1. The number of pyridine rings is 1. The number of aromatic nitrogens is 1. The van der Waals surface area contributed by atoms with Crippen LogP contribution in [0.4, 0.5) is 5.69 Å². The molecule has 3 heterocycles. The molecule has 3 fully saturated rings. The third-order valence-electron chi connectivity index (χ3n) is 8.54. The first-order chi connectivity index (χ1) is 17.3. The molecule has 1 N–H and O–H groups in total. The maximum absolute atomic E-state index is 13.0. The largest absolute Gasteiger partial charge is 0.367 e. The molecule has 3 aliphatic rings. The molecule has 5 nitrogen and oxygen atoms in total. The van der Waals surface area contributed by atoms with Crippen LogP contribution >= 0.6 is 0 Å². The van der Waals surface area contributed by atoms with Crippen molar-refractivity contribution >= 4 is 22.4 Å². The van der Waals surface area contributed by atoms with Gasteiger partial charge in [-0.15, -0.1) is 0 Å². The second kappa shape index (κ2) is 9.98. The van der Waals surface area contributed by atoms with Gasteiger partial charge in [0.25, 0.3) is 0 Å². The summed E-state index contributed by atoms with van der Waals surface area (Å²) < 4.78 is 0. The van der Waals surface area contributed by atoms with Gasteiger partial charge in [0, 0.05) is 54.6 Å². The minimum atomic E-state index is 0.0870. The lowest BCUT2D eigenvalue weighted by molar-refractivity contribution is -0.125. The zero-order chi connectivity index (χ0) is 23.6. The highest BCUT2D eigenvalue weighted by molar-refractivity contribution is 5.93. The molecule has 2 aromatic carbocycles. The summed E-state index contributed by atoms with van der Waals surface area (Å²) >= 11 is 0. The van der Waals surface area contributed by atoms with Gasteiger partial charge < -0.3 is 10.2 Å². The Kier molecular flexibility index (Phi) is 6.43. The average Bonchev–Trinajstić information content (AvgIpc) is 3.52. The smallest absolute Gasteiger partial charge is 0.223 e. The van der Waals surface area contributed by atoms with Crippen LogP contribution in [-0.2, 0) is 4.79 Å². The molecular formula is C30H36N4O. The summed E-state index contributed by atoms with van der Waals surface area (Å²) in [6, 6.07) is 20.4. The van der Waals surface area contributed by atoms with Gasteiger partial charge in [-0.25, -0.2) is 0 Å². The number of rotatable bonds is 7. The summed E-state index contributed by atoms with van der Waals surface area (Å²) in [5, 5.41) is 5.95. The summed E-state index contributed by atoms with van der Waals surface area (Å²) in [4.78, 5) is 22.8. The zero-order valence-electron chi connectivity index (χ0n) is 20.5. The van der Waals surface area contributed by atoms with Crippen LogP contribution in [-0.4, -0.2) is 47.5 Å². The third kappa shape index (κ3) is 4.66. The first-order valence-corrected chi connectivity index (χ1v) is 13.4. The first-order valence-electron chi connectivity index (χ1n) is 13.4. The predicted octanol–water partition coefficient (Wildman–Crippen LogP) is 5.33. The SMILES string of the molecule is O=C(N[C@@H](CCN1[C@@H]2CC[C@@H]1CN(c1cncc3ccccc13)C2)c1ccccc1)C1CCCC1. The molecule has 6 rings (SSSR count). The van der Waals surface area contributed by atoms with Gasteiger partial charge in [-0.1, -0.05) is 67.4 Å². The molecule has 5 heteroatoms. The van der Waals surface area contributed by atoms with Crippen LogP contribution in [0.1, 0.15) is 56.6 Å². The topological polar surface area (TPSA) is 48.5 Å². The number of benzene rings is 2. The molecule has 35 heavy (non-hydrogen) atoms. The molecule has 0 unspecified atom stereocenters. The van der Waals surface area contributed by atoms with Crippen molar-refractivity contribution in [2.75, 3.05) is 24.5 Å². The molecule has 182 valence electrons. The van der Waals surface area contributed by atoms with Crippen LogP contribution in [0.3, 0.4) is 0 Å². The van der Waals surface area contributed by atoms with E-state index in [1.165, 1.54) is 47.7 Å². The van der Waals surface area contributed by atoms with Crippen LogP contribution in [0, 0.1) is 5.92 Å². The fourth-order valence-electron chi connectivity index (χ4n) is 6.67. The molecule has 2 saturated heterocycles. The third-order valence-corrected chi connectivity index (χ3v) is 8.54. The minimum Gasteiger partial charge on any atom is -0.367 e. The van der Waals surface area contributed by atoms with Crippen molar-refractivity contribution in [1.82, 2.24) is 15.2 Å². The highest BCUT2D eigenvalue weighted by Gasteiger charge is 2.40. The van der Waals surface area contributed by atoms with Crippen molar-refractivity contribution < 1.29 is 4.79 Å². The van der Waals surface area contributed by atoms with Gasteiger partial charge in [-0.2, -0.15) is 0 Å². The van der Waals surface area contributed by atoms with Gasteiger partial charge in [0.1, 0.15) is 0 Å². The van der Waals surface area contributed by atoms with E-state index in [4.69, 9.17) is 0 Å². The number of anilines is 1. The number of nitrogens with zero attached hydrogens (tertiary/aromatic N) is 3. The summed E-state index contributed by atoms with van der Waals surface area (Å²) in [5.41, 5.74) is 2.50. The molecule has 0 spiro atoms. The standard InChI is InChI=1S/C30H36N4O/c35-30(23-10-4-5-11-23)32-28(22-8-2-1-3-9-22)16-17-34-25-14-15-26(34)21-33(20-25)29-19-31-18-24-12-6-7-13-27(24)29/h1-3,6-9,12-13,18-19,23,25-26,28H,4-5,10-11,14-17,20-21H2,(H,32,35)/t25-,26-,28+/m1/s1. The van der Waals surface area contributed by atoms with Crippen LogP contribution in [0.25, 0.3) is 10.8 Å². The second-order valence-corrected chi connectivity index (χ2v) is 10.6. The Balaban J connectivity index is 1.15. The quantitative estimate of drug-likeness (QED) is 0.509. The van der Waals surface area contributed by atoms with Crippen molar-refractivity contribution in [3.05, 3.63) is 72.6 Å². The molecule has 1 amide bonds. The van der Waals surface area contributed by atoms with Crippen molar-refractivity contribution in [3.63, 3.8) is 0 Å². The van der Waals surface area contributed by atoms with E-state index in [2.05, 4.69) is 74.7 Å². The Morgan fingerprint density at radius 2 is 1.63 bits per heavy atom.